The third-order valence-corrected chi connectivity index (χ3v) is 5.13. The minimum absolute atomic E-state index is 0.0634. The Hall–Kier alpha value is -3.25. The summed E-state index contributed by atoms with van der Waals surface area (Å²) >= 11 is 0. The molecule has 28 heavy (non-hydrogen) atoms. The van der Waals surface area contributed by atoms with Gasteiger partial charge in [0, 0.05) is 18.0 Å². The Balaban J connectivity index is 2.25. The summed E-state index contributed by atoms with van der Waals surface area (Å²) in [6, 6.07) is 8.47. The first kappa shape index (κ1) is 19.5. The van der Waals surface area contributed by atoms with E-state index in [1.54, 1.807) is 11.3 Å². The predicted molar refractivity (Wildman–Crippen MR) is 98.7 cm³/mol. The second-order valence-electron chi connectivity index (χ2n) is 6.09. The largest absolute Gasteiger partial charge is 0.466 e. The molecule has 9 heteroatoms. The van der Waals surface area contributed by atoms with E-state index >= 15 is 0 Å². The molecule has 2 heterocycles. The highest BCUT2D eigenvalue weighted by Gasteiger charge is 2.19. The smallest absolute Gasteiger partial charge is 0.311 e. The summed E-state index contributed by atoms with van der Waals surface area (Å²) in [5.41, 5.74) is 1.12. The van der Waals surface area contributed by atoms with Crippen molar-refractivity contribution < 1.29 is 22.3 Å². The van der Waals surface area contributed by atoms with Gasteiger partial charge in [0.05, 0.1) is 40.8 Å². The van der Waals surface area contributed by atoms with E-state index in [2.05, 4.69) is 4.98 Å². The van der Waals surface area contributed by atoms with Crippen LogP contribution >= 0.6 is 0 Å². The molecule has 0 unspecified atom stereocenters. The lowest BCUT2D eigenvalue weighted by Gasteiger charge is -2.05. The molecule has 7 nitrogen and oxygen atoms in total. The van der Waals surface area contributed by atoms with Crippen molar-refractivity contribution in [2.24, 2.45) is 0 Å². The van der Waals surface area contributed by atoms with Crippen molar-refractivity contribution in [3.63, 3.8) is 0 Å². The number of aromatic nitrogens is 2. The van der Waals surface area contributed by atoms with E-state index in [9.17, 15) is 17.6 Å². The van der Waals surface area contributed by atoms with Crippen molar-refractivity contribution in [1.29, 1.82) is 5.26 Å². The molecule has 0 spiro atoms. The normalized spacial score (nSPS) is 11.4. The fourth-order valence-corrected chi connectivity index (χ4v) is 3.46. The van der Waals surface area contributed by atoms with Crippen LogP contribution in [-0.2, 0) is 25.8 Å². The van der Waals surface area contributed by atoms with Crippen molar-refractivity contribution in [3.05, 3.63) is 53.6 Å². The number of halogens is 1. The van der Waals surface area contributed by atoms with E-state index in [1.165, 1.54) is 30.5 Å². The van der Waals surface area contributed by atoms with Crippen LogP contribution in [0.3, 0.4) is 0 Å². The summed E-state index contributed by atoms with van der Waals surface area (Å²) in [7, 11) is -3.48. The van der Waals surface area contributed by atoms with Crippen LogP contribution in [0.5, 0.6) is 0 Å². The highest BCUT2D eigenvalue weighted by molar-refractivity contribution is 7.90. The van der Waals surface area contributed by atoms with E-state index in [-0.39, 0.29) is 29.3 Å². The molecular weight excluding hydrogens is 385 g/mol. The molecule has 0 aliphatic heterocycles. The van der Waals surface area contributed by atoms with Gasteiger partial charge in [0.1, 0.15) is 11.6 Å². The minimum Gasteiger partial charge on any atom is -0.466 e. The Morgan fingerprint density at radius 2 is 2.07 bits per heavy atom. The molecule has 0 atom stereocenters. The molecule has 0 amide bonds. The van der Waals surface area contributed by atoms with Gasteiger partial charge >= 0.3 is 5.97 Å². The second kappa shape index (κ2) is 7.40. The Bertz CT molecular complexity index is 1230. The molecule has 0 fully saturated rings. The molecule has 0 N–H and O–H groups in total. The van der Waals surface area contributed by atoms with Gasteiger partial charge in [0.2, 0.25) is 0 Å². The molecule has 0 aliphatic rings. The number of hydrogen-bond acceptors (Lipinski definition) is 6. The first-order chi connectivity index (χ1) is 13.2. The number of hydrogen-bond donors (Lipinski definition) is 0. The molecular formula is C19H16FN3O4S. The third kappa shape index (κ3) is 3.87. The Morgan fingerprint density at radius 3 is 2.71 bits per heavy atom. The Labute approximate surface area is 160 Å². The maximum atomic E-state index is 13.9. The number of benzene rings is 1. The average molecular weight is 401 g/mol. The number of carbonyl (C=O) groups is 1. The third-order valence-electron chi connectivity index (χ3n) is 4.02. The van der Waals surface area contributed by atoms with Gasteiger partial charge in [-0.05, 0) is 37.3 Å². The quantitative estimate of drug-likeness (QED) is 0.609. The molecule has 0 radical (unpaired) electrons. The van der Waals surface area contributed by atoms with Crippen LogP contribution in [0, 0.1) is 17.1 Å². The van der Waals surface area contributed by atoms with Crippen LogP contribution in [0.2, 0.25) is 0 Å². The van der Waals surface area contributed by atoms with Crippen molar-refractivity contribution in [3.8, 4) is 17.5 Å². The van der Waals surface area contributed by atoms with E-state index < -0.39 is 21.6 Å². The van der Waals surface area contributed by atoms with Gasteiger partial charge in [-0.15, -0.1) is 0 Å². The average Bonchev–Trinajstić information content (AvgIpc) is 2.98. The number of imidazole rings is 1. The Kier molecular flexibility index (Phi) is 5.16. The maximum absolute atomic E-state index is 13.9. The standard InChI is InChI=1S/C19H16FN3O4S/c1-3-27-18(24)10-16-17-9-15(28(2,25)26)4-5-23(17)19(22-16)13-6-12(11-21)7-14(20)8-13/h4-9H,3,10H2,1-2H3. The van der Waals surface area contributed by atoms with E-state index in [0.29, 0.717) is 16.8 Å². The summed E-state index contributed by atoms with van der Waals surface area (Å²) < 4.78 is 44.2. The van der Waals surface area contributed by atoms with Crippen LogP contribution in [0.4, 0.5) is 4.39 Å². The predicted octanol–water partition coefficient (Wildman–Crippen LogP) is 2.52. The molecule has 144 valence electrons. The van der Waals surface area contributed by atoms with Gasteiger partial charge in [0.25, 0.3) is 0 Å². The first-order valence-electron chi connectivity index (χ1n) is 8.30. The van der Waals surface area contributed by atoms with Gasteiger partial charge in [-0.3, -0.25) is 9.20 Å². The van der Waals surface area contributed by atoms with Crippen LogP contribution in [0.1, 0.15) is 18.2 Å². The SMILES string of the molecule is CCOC(=O)Cc1nc(-c2cc(F)cc(C#N)c2)n2ccc(S(C)(=O)=O)cc12. The van der Waals surface area contributed by atoms with Crippen molar-refractivity contribution in [2.75, 3.05) is 12.9 Å². The van der Waals surface area contributed by atoms with Crippen LogP contribution in [0.15, 0.2) is 41.4 Å². The zero-order valence-electron chi connectivity index (χ0n) is 15.1. The molecule has 0 saturated heterocycles. The second-order valence-corrected chi connectivity index (χ2v) is 8.11. The van der Waals surface area contributed by atoms with E-state index in [0.717, 1.165) is 12.3 Å². The number of nitriles is 1. The summed E-state index contributed by atoms with van der Waals surface area (Å²) in [5, 5.41) is 9.08. The molecule has 3 rings (SSSR count). The van der Waals surface area contributed by atoms with Gasteiger partial charge in [0.15, 0.2) is 9.84 Å². The van der Waals surface area contributed by atoms with Crippen LogP contribution in [0.25, 0.3) is 16.9 Å². The summed E-state index contributed by atoms with van der Waals surface area (Å²) in [6.07, 6.45) is 2.39. The van der Waals surface area contributed by atoms with E-state index in [4.69, 9.17) is 10.00 Å². The lowest BCUT2D eigenvalue weighted by molar-refractivity contribution is -0.142. The van der Waals surface area contributed by atoms with Crippen LogP contribution < -0.4 is 0 Å². The number of ether oxygens (including phenoxy) is 1. The topological polar surface area (TPSA) is 102 Å². The minimum atomic E-state index is -3.48. The number of carbonyl (C=O) groups excluding carboxylic acids is 1. The monoisotopic (exact) mass is 401 g/mol. The maximum Gasteiger partial charge on any atom is 0.311 e. The zero-order chi connectivity index (χ0) is 20.5. The van der Waals surface area contributed by atoms with Crippen molar-refractivity contribution in [2.45, 2.75) is 18.2 Å². The number of sulfone groups is 1. The molecule has 0 aliphatic carbocycles. The highest BCUT2D eigenvalue weighted by atomic mass is 32.2. The first-order valence-corrected chi connectivity index (χ1v) is 10.2. The number of fused-ring (bicyclic) bond motifs is 1. The lowest BCUT2D eigenvalue weighted by Crippen LogP contribution is -2.08. The van der Waals surface area contributed by atoms with E-state index in [1.807, 2.05) is 6.07 Å². The lowest BCUT2D eigenvalue weighted by atomic mass is 10.1. The zero-order valence-corrected chi connectivity index (χ0v) is 16.0. The van der Waals surface area contributed by atoms with Crippen molar-refractivity contribution >= 4 is 21.3 Å². The van der Waals surface area contributed by atoms with Gasteiger partial charge in [-0.25, -0.2) is 17.8 Å². The summed E-state index contributed by atoms with van der Waals surface area (Å²) in [6.45, 7) is 1.87. The fourth-order valence-electron chi connectivity index (χ4n) is 2.82. The summed E-state index contributed by atoms with van der Waals surface area (Å²) in [5.74, 6) is -0.841. The molecule has 2 aromatic heterocycles. The van der Waals surface area contributed by atoms with Crippen molar-refractivity contribution in [1.82, 2.24) is 9.38 Å². The Morgan fingerprint density at radius 1 is 1.32 bits per heavy atom. The fraction of sp³-hybridized carbons (Fsp3) is 0.211. The van der Waals surface area contributed by atoms with Gasteiger partial charge in [-0.1, -0.05) is 0 Å². The highest BCUT2D eigenvalue weighted by Crippen LogP contribution is 2.27. The molecule has 1 aromatic carbocycles. The molecule has 0 bridgehead atoms. The number of nitrogens with zero attached hydrogens (tertiary/aromatic N) is 3. The number of esters is 1. The van der Waals surface area contributed by atoms with Gasteiger partial charge in [-0.2, -0.15) is 5.26 Å². The molecule has 0 saturated carbocycles. The summed E-state index contributed by atoms with van der Waals surface area (Å²) in [4.78, 5) is 16.4. The van der Waals surface area contributed by atoms with Crippen LogP contribution in [-0.4, -0.2) is 36.6 Å². The van der Waals surface area contributed by atoms with Gasteiger partial charge < -0.3 is 4.74 Å². The number of pyridine rings is 1. The molecule has 3 aromatic rings. The number of rotatable bonds is 5.